The fraction of sp³-hybridized carbons (Fsp3) is 0.500. The van der Waals surface area contributed by atoms with Gasteiger partial charge in [0.25, 0.3) is 5.56 Å². The van der Waals surface area contributed by atoms with Gasteiger partial charge in [-0.1, -0.05) is 29.8 Å². The molecule has 1 atom stereocenters. The maximum atomic E-state index is 13.1. The number of nitrogens with one attached hydrogen (secondary N) is 1. The Balaban J connectivity index is 1.58. The van der Waals surface area contributed by atoms with Gasteiger partial charge in [0.15, 0.2) is 0 Å². The first-order valence-electron chi connectivity index (χ1n) is 10.6. The van der Waals surface area contributed by atoms with Crippen LogP contribution in [0.4, 0.5) is 0 Å². The van der Waals surface area contributed by atoms with E-state index in [1.54, 1.807) is 0 Å². The molecule has 1 aromatic heterocycles. The molecular formula is C22H28N4O4S. The third-order valence-electron chi connectivity index (χ3n) is 6.14. The van der Waals surface area contributed by atoms with Gasteiger partial charge in [0.2, 0.25) is 15.9 Å². The van der Waals surface area contributed by atoms with Gasteiger partial charge in [0.05, 0.1) is 30.0 Å². The van der Waals surface area contributed by atoms with Gasteiger partial charge in [-0.05, 0) is 31.7 Å². The molecule has 0 radical (unpaired) electrons. The first-order valence-corrected chi connectivity index (χ1v) is 12.5. The zero-order chi connectivity index (χ0) is 22.2. The van der Waals surface area contributed by atoms with E-state index >= 15 is 0 Å². The number of aromatic nitrogens is 2. The van der Waals surface area contributed by atoms with E-state index in [0.717, 1.165) is 36.6 Å². The van der Waals surface area contributed by atoms with Crippen LogP contribution in [0.2, 0.25) is 0 Å². The minimum absolute atomic E-state index is 0.0252. The summed E-state index contributed by atoms with van der Waals surface area (Å²) in [6, 6.07) is 7.67. The molecule has 1 amide bonds. The molecule has 2 aliphatic heterocycles. The summed E-state index contributed by atoms with van der Waals surface area (Å²) in [5, 5.41) is 0. The summed E-state index contributed by atoms with van der Waals surface area (Å²) in [4.78, 5) is 35.3. The number of sulfonamides is 1. The lowest BCUT2D eigenvalue weighted by molar-refractivity contribution is -0.134. The number of likely N-dealkylation sites (tertiary alicyclic amines) is 1. The van der Waals surface area contributed by atoms with E-state index in [0.29, 0.717) is 43.0 Å². The van der Waals surface area contributed by atoms with Crippen molar-refractivity contribution in [1.82, 2.24) is 19.2 Å². The summed E-state index contributed by atoms with van der Waals surface area (Å²) in [7, 11) is -3.37. The first-order chi connectivity index (χ1) is 14.7. The molecule has 0 spiro atoms. The number of amides is 1. The van der Waals surface area contributed by atoms with Crippen LogP contribution in [0, 0.1) is 6.92 Å². The number of nitrogens with zero attached hydrogens (tertiary/aromatic N) is 3. The molecule has 1 saturated heterocycles. The second-order valence-corrected chi connectivity index (χ2v) is 10.5. The number of aromatic amines is 1. The number of aryl methyl sites for hydroxylation is 1. The van der Waals surface area contributed by atoms with Gasteiger partial charge in [-0.25, -0.2) is 13.4 Å². The number of rotatable bonds is 4. The Labute approximate surface area is 182 Å². The van der Waals surface area contributed by atoms with Gasteiger partial charge in [-0.3, -0.25) is 9.59 Å². The van der Waals surface area contributed by atoms with Crippen molar-refractivity contribution in [1.29, 1.82) is 0 Å². The largest absolute Gasteiger partial charge is 0.332 e. The molecular weight excluding hydrogens is 416 g/mol. The van der Waals surface area contributed by atoms with Gasteiger partial charge in [0, 0.05) is 26.1 Å². The third-order valence-corrected chi connectivity index (χ3v) is 7.39. The number of benzene rings is 1. The molecule has 2 aliphatic rings. The number of H-pyrrole nitrogens is 1. The van der Waals surface area contributed by atoms with E-state index in [-0.39, 0.29) is 24.1 Å². The highest BCUT2D eigenvalue weighted by molar-refractivity contribution is 7.88. The van der Waals surface area contributed by atoms with Crippen molar-refractivity contribution in [2.45, 2.75) is 51.6 Å². The highest BCUT2D eigenvalue weighted by Crippen LogP contribution is 2.30. The smallest absolute Gasteiger partial charge is 0.255 e. The summed E-state index contributed by atoms with van der Waals surface area (Å²) in [6.45, 7) is 3.00. The van der Waals surface area contributed by atoms with E-state index < -0.39 is 10.0 Å². The number of piperidine rings is 1. The zero-order valence-electron chi connectivity index (χ0n) is 17.9. The van der Waals surface area contributed by atoms with Gasteiger partial charge >= 0.3 is 0 Å². The van der Waals surface area contributed by atoms with Crippen LogP contribution in [0.5, 0.6) is 0 Å². The summed E-state index contributed by atoms with van der Waals surface area (Å²) in [5.74, 6) is 0.533. The van der Waals surface area contributed by atoms with Crippen molar-refractivity contribution < 1.29 is 13.2 Å². The summed E-state index contributed by atoms with van der Waals surface area (Å²) in [5.41, 5.74) is 2.83. The molecule has 3 heterocycles. The first kappa shape index (κ1) is 21.7. The van der Waals surface area contributed by atoms with E-state index in [4.69, 9.17) is 4.98 Å². The summed E-state index contributed by atoms with van der Waals surface area (Å²) >= 11 is 0. The zero-order valence-corrected chi connectivity index (χ0v) is 18.7. The lowest BCUT2D eigenvalue weighted by Gasteiger charge is -2.36. The van der Waals surface area contributed by atoms with Gasteiger partial charge < -0.3 is 9.88 Å². The lowest BCUT2D eigenvalue weighted by atomic mass is 9.99. The van der Waals surface area contributed by atoms with Crippen LogP contribution in [-0.2, 0) is 34.2 Å². The molecule has 0 saturated carbocycles. The molecule has 0 aliphatic carbocycles. The molecule has 0 bridgehead atoms. The molecule has 4 rings (SSSR count). The molecule has 8 nitrogen and oxygen atoms in total. The van der Waals surface area contributed by atoms with Crippen molar-refractivity contribution in [3.63, 3.8) is 0 Å². The van der Waals surface area contributed by atoms with Crippen LogP contribution in [0.15, 0.2) is 29.1 Å². The van der Waals surface area contributed by atoms with Crippen LogP contribution < -0.4 is 5.56 Å². The van der Waals surface area contributed by atoms with Gasteiger partial charge in [0.1, 0.15) is 5.82 Å². The van der Waals surface area contributed by atoms with E-state index in [2.05, 4.69) is 4.98 Å². The fourth-order valence-corrected chi connectivity index (χ4v) is 5.14. The summed E-state index contributed by atoms with van der Waals surface area (Å²) < 4.78 is 25.0. The van der Waals surface area contributed by atoms with E-state index in [9.17, 15) is 18.0 Å². The maximum Gasteiger partial charge on any atom is 0.255 e. The van der Waals surface area contributed by atoms with E-state index in [1.165, 1.54) is 4.31 Å². The second kappa shape index (κ2) is 8.55. The van der Waals surface area contributed by atoms with Crippen LogP contribution in [0.3, 0.4) is 0 Å². The van der Waals surface area contributed by atoms with Gasteiger partial charge in [-0.15, -0.1) is 0 Å². The number of hydrogen-bond donors (Lipinski definition) is 1. The highest BCUT2D eigenvalue weighted by Gasteiger charge is 2.32. The normalized spacial score (nSPS) is 19.8. The van der Waals surface area contributed by atoms with Crippen molar-refractivity contribution >= 4 is 15.9 Å². The number of hydrogen-bond acceptors (Lipinski definition) is 5. The van der Waals surface area contributed by atoms with Crippen molar-refractivity contribution in [3.8, 4) is 0 Å². The Hall–Kier alpha value is -2.52. The average molecular weight is 445 g/mol. The van der Waals surface area contributed by atoms with Crippen molar-refractivity contribution in [2.75, 3.05) is 19.3 Å². The Bertz CT molecular complexity index is 1140. The third kappa shape index (κ3) is 4.72. The molecule has 1 fully saturated rings. The molecule has 1 N–H and O–H groups in total. The summed E-state index contributed by atoms with van der Waals surface area (Å²) in [6.07, 6.45) is 4.49. The Morgan fingerprint density at radius 3 is 2.65 bits per heavy atom. The minimum atomic E-state index is -3.37. The topological polar surface area (TPSA) is 103 Å². The number of carbonyl (C=O) groups is 1. The Morgan fingerprint density at radius 2 is 1.94 bits per heavy atom. The van der Waals surface area contributed by atoms with Crippen LogP contribution in [0.25, 0.3) is 0 Å². The minimum Gasteiger partial charge on any atom is -0.332 e. The molecule has 1 aromatic carbocycles. The number of fused-ring (bicyclic) bond motifs is 1. The van der Waals surface area contributed by atoms with Crippen LogP contribution in [0.1, 0.15) is 53.5 Å². The van der Waals surface area contributed by atoms with E-state index in [1.807, 2.05) is 36.1 Å². The standard InChI is InChI=1S/C22H28N4O4S/c1-15-6-8-16(9-7-15)13-20(27)26-11-4-3-5-19(26)21-23-18-10-12-25(31(2,29)30)14-17(18)22(28)24-21/h6-9,19H,3-5,10-14H2,1-2H3,(H,23,24,28)/t19-/m0/s1. The monoisotopic (exact) mass is 444 g/mol. The predicted molar refractivity (Wildman–Crippen MR) is 117 cm³/mol. The average Bonchev–Trinajstić information content (AvgIpc) is 2.74. The van der Waals surface area contributed by atoms with Crippen molar-refractivity contribution in [2.24, 2.45) is 0 Å². The van der Waals surface area contributed by atoms with Crippen molar-refractivity contribution in [3.05, 3.63) is 62.8 Å². The number of carbonyl (C=O) groups excluding carboxylic acids is 1. The quantitative estimate of drug-likeness (QED) is 0.773. The van der Waals surface area contributed by atoms with Crippen LogP contribution >= 0.6 is 0 Å². The molecule has 2 aromatic rings. The SMILES string of the molecule is Cc1ccc(CC(=O)N2CCCC[C@H]2c2nc3c(c(=O)[nH]2)CN(S(C)(=O)=O)CC3)cc1. The second-order valence-electron chi connectivity index (χ2n) is 8.48. The lowest BCUT2D eigenvalue weighted by Crippen LogP contribution is -2.42. The molecule has 0 unspecified atom stereocenters. The Morgan fingerprint density at radius 1 is 1.19 bits per heavy atom. The fourth-order valence-electron chi connectivity index (χ4n) is 4.36. The highest BCUT2D eigenvalue weighted by atomic mass is 32.2. The molecule has 31 heavy (non-hydrogen) atoms. The maximum absolute atomic E-state index is 13.1. The predicted octanol–water partition coefficient (Wildman–Crippen LogP) is 1.69. The Kier molecular flexibility index (Phi) is 5.98. The molecule has 166 valence electrons. The van der Waals surface area contributed by atoms with Gasteiger partial charge in [-0.2, -0.15) is 4.31 Å². The molecule has 9 heteroatoms. The van der Waals surface area contributed by atoms with Crippen LogP contribution in [-0.4, -0.2) is 52.8 Å².